The summed E-state index contributed by atoms with van der Waals surface area (Å²) >= 11 is 0. The Morgan fingerprint density at radius 1 is 1.10 bits per heavy atom. The minimum Gasteiger partial charge on any atom is -0.398 e. The van der Waals surface area contributed by atoms with E-state index in [1.54, 1.807) is 10.4 Å². The van der Waals surface area contributed by atoms with Crippen LogP contribution < -0.4 is 5.73 Å². The average Bonchev–Trinajstić information content (AvgIpc) is 3.28. The Kier molecular flexibility index (Phi) is 3.74. The van der Waals surface area contributed by atoms with E-state index >= 15 is 0 Å². The molecular weight excluding hydrogens is 284 g/mol. The summed E-state index contributed by atoms with van der Waals surface area (Å²) in [6.07, 6.45) is 4.61. The maximum Gasteiger partial charge on any atom is 0.245 e. The minimum absolute atomic E-state index is 0.323. The summed E-state index contributed by atoms with van der Waals surface area (Å²) in [5.74, 6) is 1.09. The summed E-state index contributed by atoms with van der Waals surface area (Å²) in [5, 5.41) is 0. The van der Waals surface area contributed by atoms with Gasteiger partial charge in [-0.3, -0.25) is 0 Å². The molecule has 3 rings (SSSR count). The first-order chi connectivity index (χ1) is 9.89. The lowest BCUT2D eigenvalue weighted by molar-refractivity contribution is 0.382. The van der Waals surface area contributed by atoms with Crippen LogP contribution in [0.15, 0.2) is 17.0 Å². The van der Waals surface area contributed by atoms with Crippen molar-refractivity contribution in [3.8, 4) is 0 Å². The van der Waals surface area contributed by atoms with E-state index in [-0.39, 0.29) is 0 Å². The molecular formula is C16H24N2O2S. The highest BCUT2D eigenvalue weighted by Crippen LogP contribution is 2.37. The standard InChI is InChI=1S/C16H24N2O2S/c1-11-3-8-15(17)16(12(11)2)21(19,20)18(9-13-4-5-13)10-14-6-7-14/h3,8,13-14H,4-7,9-10,17H2,1-2H3. The Morgan fingerprint density at radius 2 is 1.62 bits per heavy atom. The van der Waals surface area contributed by atoms with Crippen LogP contribution in [-0.4, -0.2) is 25.8 Å². The summed E-state index contributed by atoms with van der Waals surface area (Å²) in [6.45, 7) is 5.10. The molecule has 2 fully saturated rings. The lowest BCUT2D eigenvalue weighted by Gasteiger charge is -2.24. The molecule has 5 heteroatoms. The van der Waals surface area contributed by atoms with Crippen molar-refractivity contribution < 1.29 is 8.42 Å². The number of nitrogen functional groups attached to an aromatic ring is 1. The monoisotopic (exact) mass is 308 g/mol. The van der Waals surface area contributed by atoms with Gasteiger partial charge in [0, 0.05) is 13.1 Å². The van der Waals surface area contributed by atoms with E-state index < -0.39 is 10.0 Å². The van der Waals surface area contributed by atoms with Gasteiger partial charge in [0.1, 0.15) is 4.90 Å². The zero-order chi connectivity index (χ0) is 15.2. The molecule has 1 aromatic carbocycles. The van der Waals surface area contributed by atoms with Crippen LogP contribution in [0, 0.1) is 25.7 Å². The third-order valence-corrected chi connectivity index (χ3v) is 6.66. The Balaban J connectivity index is 1.97. The van der Waals surface area contributed by atoms with E-state index in [9.17, 15) is 8.42 Å². The normalized spacial score (nSPS) is 19.2. The third kappa shape index (κ3) is 3.09. The van der Waals surface area contributed by atoms with E-state index in [0.717, 1.165) is 36.8 Å². The fourth-order valence-corrected chi connectivity index (χ4v) is 4.72. The molecule has 1 aromatic rings. The van der Waals surface area contributed by atoms with E-state index in [0.29, 0.717) is 35.5 Å². The van der Waals surface area contributed by atoms with Gasteiger partial charge in [-0.1, -0.05) is 6.07 Å². The fourth-order valence-electron chi connectivity index (χ4n) is 2.73. The van der Waals surface area contributed by atoms with Crippen molar-refractivity contribution in [3.05, 3.63) is 23.3 Å². The average molecular weight is 308 g/mol. The lowest BCUT2D eigenvalue weighted by Crippen LogP contribution is -2.35. The van der Waals surface area contributed by atoms with Crippen molar-refractivity contribution in [2.45, 2.75) is 44.4 Å². The summed E-state index contributed by atoms with van der Waals surface area (Å²) in [6, 6.07) is 3.59. The van der Waals surface area contributed by atoms with Gasteiger partial charge in [-0.2, -0.15) is 4.31 Å². The van der Waals surface area contributed by atoms with Gasteiger partial charge in [0.05, 0.1) is 5.69 Å². The molecule has 21 heavy (non-hydrogen) atoms. The SMILES string of the molecule is Cc1ccc(N)c(S(=O)(=O)N(CC2CC2)CC2CC2)c1C. The number of sulfonamides is 1. The van der Waals surface area contributed by atoms with Crippen molar-refractivity contribution in [1.82, 2.24) is 4.31 Å². The molecule has 0 amide bonds. The Morgan fingerprint density at radius 3 is 2.10 bits per heavy atom. The van der Waals surface area contributed by atoms with Gasteiger partial charge in [0.15, 0.2) is 0 Å². The van der Waals surface area contributed by atoms with Crippen LogP contribution in [0.1, 0.15) is 36.8 Å². The third-order valence-electron chi connectivity index (χ3n) is 4.62. The largest absolute Gasteiger partial charge is 0.398 e. The maximum atomic E-state index is 13.1. The molecule has 0 bridgehead atoms. The topological polar surface area (TPSA) is 63.4 Å². The van der Waals surface area contributed by atoms with Gasteiger partial charge in [0.25, 0.3) is 0 Å². The van der Waals surface area contributed by atoms with Crippen molar-refractivity contribution in [3.63, 3.8) is 0 Å². The zero-order valence-corrected chi connectivity index (χ0v) is 13.6. The van der Waals surface area contributed by atoms with Crippen LogP contribution >= 0.6 is 0 Å². The zero-order valence-electron chi connectivity index (χ0n) is 12.8. The molecule has 2 saturated carbocycles. The van der Waals surface area contributed by atoms with Gasteiger partial charge in [0.2, 0.25) is 10.0 Å². The van der Waals surface area contributed by atoms with Crippen LogP contribution in [0.5, 0.6) is 0 Å². The highest BCUT2D eigenvalue weighted by Gasteiger charge is 2.37. The van der Waals surface area contributed by atoms with Crippen LogP contribution in [0.3, 0.4) is 0 Å². The maximum absolute atomic E-state index is 13.1. The second kappa shape index (κ2) is 5.29. The van der Waals surface area contributed by atoms with Crippen molar-refractivity contribution >= 4 is 15.7 Å². The van der Waals surface area contributed by atoms with E-state index in [1.165, 1.54) is 0 Å². The van der Waals surface area contributed by atoms with Crippen LogP contribution in [0.2, 0.25) is 0 Å². The summed E-state index contributed by atoms with van der Waals surface area (Å²) < 4.78 is 27.9. The number of hydrogen-bond acceptors (Lipinski definition) is 3. The van der Waals surface area contributed by atoms with E-state index in [1.807, 2.05) is 19.9 Å². The molecule has 0 aliphatic heterocycles. The molecule has 116 valence electrons. The quantitative estimate of drug-likeness (QED) is 0.822. The molecule has 0 unspecified atom stereocenters. The number of rotatable bonds is 6. The molecule has 0 atom stereocenters. The number of nitrogens with two attached hydrogens (primary N) is 1. The summed E-state index contributed by atoms with van der Waals surface area (Å²) in [7, 11) is -3.49. The first-order valence-electron chi connectivity index (χ1n) is 7.75. The minimum atomic E-state index is -3.49. The summed E-state index contributed by atoms with van der Waals surface area (Å²) in [5.41, 5.74) is 8.13. The molecule has 0 saturated heterocycles. The molecule has 2 aliphatic carbocycles. The van der Waals surface area contributed by atoms with Crippen molar-refractivity contribution in [1.29, 1.82) is 0 Å². The highest BCUT2D eigenvalue weighted by molar-refractivity contribution is 7.89. The van der Waals surface area contributed by atoms with Gasteiger partial charge in [-0.25, -0.2) is 8.42 Å². The van der Waals surface area contributed by atoms with Crippen molar-refractivity contribution in [2.24, 2.45) is 11.8 Å². The molecule has 0 radical (unpaired) electrons. The van der Waals surface area contributed by atoms with Crippen LogP contribution in [0.25, 0.3) is 0 Å². The molecule has 2 aliphatic rings. The predicted octanol–water partition coefficient (Wildman–Crippen LogP) is 2.70. The molecule has 2 N–H and O–H groups in total. The molecule has 4 nitrogen and oxygen atoms in total. The van der Waals surface area contributed by atoms with Gasteiger partial charge in [-0.15, -0.1) is 0 Å². The number of nitrogens with zero attached hydrogens (tertiary/aromatic N) is 1. The number of hydrogen-bond donors (Lipinski definition) is 1. The van der Waals surface area contributed by atoms with Gasteiger partial charge < -0.3 is 5.73 Å². The van der Waals surface area contributed by atoms with Gasteiger partial charge in [-0.05, 0) is 68.6 Å². The number of benzene rings is 1. The second-order valence-electron chi connectivity index (χ2n) is 6.63. The second-order valence-corrected chi connectivity index (χ2v) is 8.51. The van der Waals surface area contributed by atoms with Gasteiger partial charge >= 0.3 is 0 Å². The molecule has 0 spiro atoms. The van der Waals surface area contributed by atoms with E-state index in [2.05, 4.69) is 0 Å². The first-order valence-corrected chi connectivity index (χ1v) is 9.19. The lowest BCUT2D eigenvalue weighted by atomic mass is 10.1. The predicted molar refractivity (Wildman–Crippen MR) is 84.5 cm³/mol. The highest BCUT2D eigenvalue weighted by atomic mass is 32.2. The van der Waals surface area contributed by atoms with Crippen LogP contribution in [-0.2, 0) is 10.0 Å². The Labute approximate surface area is 127 Å². The van der Waals surface area contributed by atoms with Crippen LogP contribution in [0.4, 0.5) is 5.69 Å². The fraction of sp³-hybridized carbons (Fsp3) is 0.625. The number of aryl methyl sites for hydroxylation is 1. The Bertz CT molecular complexity index is 632. The molecule has 0 heterocycles. The number of anilines is 1. The summed E-state index contributed by atoms with van der Waals surface area (Å²) in [4.78, 5) is 0.323. The van der Waals surface area contributed by atoms with E-state index in [4.69, 9.17) is 5.73 Å². The first kappa shape index (κ1) is 14.9. The van der Waals surface area contributed by atoms with Crippen molar-refractivity contribution in [2.75, 3.05) is 18.8 Å². The smallest absolute Gasteiger partial charge is 0.245 e. The molecule has 0 aromatic heterocycles. The Hall–Kier alpha value is -1.07.